The second kappa shape index (κ2) is 6.84. The van der Waals surface area contributed by atoms with Crippen molar-refractivity contribution in [2.45, 2.75) is 12.7 Å². The Balaban J connectivity index is 0.000000165. The molecule has 88 valence electrons. The Morgan fingerprint density at radius 3 is 2.12 bits per heavy atom. The third-order valence-electron chi connectivity index (χ3n) is 1.78. The second-order valence-corrected chi connectivity index (χ2v) is 2.95. The zero-order chi connectivity index (χ0) is 11.8. The molecule has 0 amide bonds. The molecule has 2 aromatic rings. The second-order valence-electron chi connectivity index (χ2n) is 2.95. The number of hydrogen-bond acceptors (Lipinski definition) is 5. The summed E-state index contributed by atoms with van der Waals surface area (Å²) >= 11 is 0. The van der Waals surface area contributed by atoms with Gasteiger partial charge in [-0.15, -0.1) is 0 Å². The van der Waals surface area contributed by atoms with Gasteiger partial charge < -0.3 is 24.2 Å². The molecule has 0 aliphatic carbocycles. The molecule has 0 aliphatic rings. The molecule has 0 fully saturated rings. The SMILES string of the molecule is OCC(O)c1ccco1.OCc1ccco1. The molecule has 0 radical (unpaired) electrons. The van der Waals surface area contributed by atoms with Crippen LogP contribution in [0.4, 0.5) is 0 Å². The third-order valence-corrected chi connectivity index (χ3v) is 1.78. The normalized spacial score (nSPS) is 11.7. The lowest BCUT2D eigenvalue weighted by molar-refractivity contribution is 0.0776. The molecule has 2 heterocycles. The monoisotopic (exact) mass is 226 g/mol. The molecule has 0 spiro atoms. The van der Waals surface area contributed by atoms with Gasteiger partial charge in [0.2, 0.25) is 0 Å². The van der Waals surface area contributed by atoms with Crippen molar-refractivity contribution in [3.8, 4) is 0 Å². The van der Waals surface area contributed by atoms with Crippen LogP contribution in [-0.4, -0.2) is 21.9 Å². The quantitative estimate of drug-likeness (QED) is 0.728. The van der Waals surface area contributed by atoms with Gasteiger partial charge in [-0.2, -0.15) is 0 Å². The minimum Gasteiger partial charge on any atom is -0.467 e. The van der Waals surface area contributed by atoms with E-state index in [-0.39, 0.29) is 13.2 Å². The van der Waals surface area contributed by atoms with E-state index in [9.17, 15) is 0 Å². The van der Waals surface area contributed by atoms with E-state index in [1.807, 2.05) is 0 Å². The topological polar surface area (TPSA) is 87.0 Å². The van der Waals surface area contributed by atoms with E-state index >= 15 is 0 Å². The summed E-state index contributed by atoms with van der Waals surface area (Å²) in [6.07, 6.45) is 2.11. The molecule has 1 unspecified atom stereocenters. The van der Waals surface area contributed by atoms with E-state index in [0.29, 0.717) is 11.5 Å². The molecule has 0 bridgehead atoms. The smallest absolute Gasteiger partial charge is 0.135 e. The van der Waals surface area contributed by atoms with Crippen LogP contribution in [0.2, 0.25) is 0 Å². The summed E-state index contributed by atoms with van der Waals surface area (Å²) in [5.74, 6) is 1.01. The van der Waals surface area contributed by atoms with Crippen LogP contribution in [0.3, 0.4) is 0 Å². The lowest BCUT2D eigenvalue weighted by Gasteiger charge is -1.99. The van der Waals surface area contributed by atoms with Crippen LogP contribution in [0, 0.1) is 0 Å². The van der Waals surface area contributed by atoms with E-state index in [1.54, 1.807) is 24.3 Å². The predicted molar refractivity (Wildman–Crippen MR) is 55.4 cm³/mol. The summed E-state index contributed by atoms with van der Waals surface area (Å²) in [4.78, 5) is 0. The highest BCUT2D eigenvalue weighted by atomic mass is 16.4. The lowest BCUT2D eigenvalue weighted by atomic mass is 10.3. The van der Waals surface area contributed by atoms with Gasteiger partial charge in [0.25, 0.3) is 0 Å². The fourth-order valence-corrected chi connectivity index (χ4v) is 0.973. The molecule has 2 rings (SSSR count). The van der Waals surface area contributed by atoms with Gasteiger partial charge >= 0.3 is 0 Å². The van der Waals surface area contributed by atoms with Gasteiger partial charge in [-0.25, -0.2) is 0 Å². The lowest BCUT2D eigenvalue weighted by Crippen LogP contribution is -1.99. The average molecular weight is 226 g/mol. The molecule has 1 atom stereocenters. The Hall–Kier alpha value is -1.56. The Labute approximate surface area is 92.6 Å². The summed E-state index contributed by atoms with van der Waals surface area (Å²) in [6.45, 7) is -0.305. The van der Waals surface area contributed by atoms with Crippen LogP contribution < -0.4 is 0 Å². The molecule has 3 N–H and O–H groups in total. The van der Waals surface area contributed by atoms with Crippen LogP contribution in [-0.2, 0) is 6.61 Å². The van der Waals surface area contributed by atoms with Crippen LogP contribution in [0.5, 0.6) is 0 Å². The molecule has 2 aromatic heterocycles. The summed E-state index contributed by atoms with van der Waals surface area (Å²) in [5.41, 5.74) is 0. The molecule has 0 aromatic carbocycles. The van der Waals surface area contributed by atoms with Gasteiger partial charge in [-0.05, 0) is 24.3 Å². The van der Waals surface area contributed by atoms with Gasteiger partial charge in [-0.3, -0.25) is 0 Å². The van der Waals surface area contributed by atoms with E-state index in [0.717, 1.165) is 0 Å². The summed E-state index contributed by atoms with van der Waals surface area (Å²) in [5, 5.41) is 25.6. The fourth-order valence-electron chi connectivity index (χ4n) is 0.973. The minimum atomic E-state index is -0.875. The maximum atomic E-state index is 8.87. The number of hydrogen-bond donors (Lipinski definition) is 3. The molecule has 0 aliphatic heterocycles. The van der Waals surface area contributed by atoms with Gasteiger partial charge in [0.1, 0.15) is 24.2 Å². The van der Waals surface area contributed by atoms with Crippen molar-refractivity contribution in [2.75, 3.05) is 6.61 Å². The van der Waals surface area contributed by atoms with Gasteiger partial charge in [0, 0.05) is 0 Å². The molecule has 16 heavy (non-hydrogen) atoms. The minimum absolute atomic E-state index is 0.00694. The average Bonchev–Trinajstić information content (AvgIpc) is 3.01. The van der Waals surface area contributed by atoms with Crippen LogP contribution >= 0.6 is 0 Å². The van der Waals surface area contributed by atoms with Crippen molar-refractivity contribution in [3.63, 3.8) is 0 Å². The standard InChI is InChI=1S/C6H8O3.C5H6O2/c7-4-5(8)6-2-1-3-9-6;6-4-5-2-1-3-7-5/h1-3,5,7-8H,4H2;1-3,6H,4H2. The summed E-state index contributed by atoms with van der Waals surface area (Å²) in [7, 11) is 0. The first kappa shape index (κ1) is 12.5. The Morgan fingerprint density at radius 2 is 1.75 bits per heavy atom. The van der Waals surface area contributed by atoms with E-state index in [2.05, 4.69) is 0 Å². The van der Waals surface area contributed by atoms with Crippen LogP contribution in [0.15, 0.2) is 45.6 Å². The summed E-state index contributed by atoms with van der Waals surface area (Å²) in [6, 6.07) is 6.74. The molecule has 0 saturated heterocycles. The number of furan rings is 2. The van der Waals surface area contributed by atoms with Gasteiger partial charge in [-0.1, -0.05) is 0 Å². The van der Waals surface area contributed by atoms with Crippen molar-refractivity contribution in [1.29, 1.82) is 0 Å². The molecule has 5 heteroatoms. The van der Waals surface area contributed by atoms with E-state index in [4.69, 9.17) is 24.2 Å². The van der Waals surface area contributed by atoms with Crippen molar-refractivity contribution < 1.29 is 24.2 Å². The van der Waals surface area contributed by atoms with Crippen molar-refractivity contribution in [2.24, 2.45) is 0 Å². The summed E-state index contributed by atoms with van der Waals surface area (Å²) < 4.78 is 9.51. The fraction of sp³-hybridized carbons (Fsp3) is 0.273. The van der Waals surface area contributed by atoms with Gasteiger partial charge in [0.05, 0.1) is 19.1 Å². The van der Waals surface area contributed by atoms with Crippen molar-refractivity contribution in [3.05, 3.63) is 48.3 Å². The Bertz CT molecular complexity index is 352. The number of aliphatic hydroxyl groups excluding tert-OH is 3. The maximum Gasteiger partial charge on any atom is 0.135 e. The number of aliphatic hydroxyl groups is 3. The van der Waals surface area contributed by atoms with Crippen molar-refractivity contribution in [1.82, 2.24) is 0 Å². The van der Waals surface area contributed by atoms with Crippen molar-refractivity contribution >= 4 is 0 Å². The Kier molecular flexibility index (Phi) is 5.35. The first-order chi connectivity index (χ1) is 7.77. The zero-order valence-electron chi connectivity index (χ0n) is 8.61. The largest absolute Gasteiger partial charge is 0.467 e. The van der Waals surface area contributed by atoms with Crippen LogP contribution in [0.25, 0.3) is 0 Å². The molecular formula is C11H14O5. The highest BCUT2D eigenvalue weighted by molar-refractivity contribution is 5.01. The Morgan fingerprint density at radius 1 is 1.06 bits per heavy atom. The van der Waals surface area contributed by atoms with Crippen LogP contribution in [0.1, 0.15) is 17.6 Å². The zero-order valence-corrected chi connectivity index (χ0v) is 8.61. The first-order valence-corrected chi connectivity index (χ1v) is 4.73. The van der Waals surface area contributed by atoms with E-state index < -0.39 is 6.10 Å². The highest BCUT2D eigenvalue weighted by Crippen LogP contribution is 2.10. The highest BCUT2D eigenvalue weighted by Gasteiger charge is 2.06. The third kappa shape index (κ3) is 3.90. The first-order valence-electron chi connectivity index (χ1n) is 4.73. The van der Waals surface area contributed by atoms with E-state index in [1.165, 1.54) is 12.5 Å². The molecular weight excluding hydrogens is 212 g/mol. The maximum absolute atomic E-state index is 8.87. The molecule has 5 nitrogen and oxygen atoms in total. The van der Waals surface area contributed by atoms with Gasteiger partial charge in [0.15, 0.2) is 0 Å². The molecule has 0 saturated carbocycles. The number of rotatable bonds is 3. The predicted octanol–water partition coefficient (Wildman–Crippen LogP) is 1.08.